The number of esters is 1. The number of imide groups is 1. The number of hydrogen-bond donors (Lipinski definition) is 3. The molecule has 342 valence electrons. The number of non-ortho nitro benzene ring substituents is 1. The summed E-state index contributed by atoms with van der Waals surface area (Å²) in [5.41, 5.74) is -1.56. The standard InChI is InChI=1S/C52H47N3O12/c56-29-30-65-41-18-10-9-17-38(41)46-52(42(47(57)58)44-48(59)67-45(36-15-7-4-8-16-36)43(54(44)46)35-13-5-3-6-14-35)39-31-33(25-28-51(62)26-11-1-2-12-27-51)21-24-40(39)53(49(52)60)50(61)66-32-34-19-22-37(23-20-34)55(63)64/h3-10,13-24,31,42-46,56,62H,1-2,11-12,26-27,29-30,32H2,(H,57,58)/t42-,43-,44-,45+,46+,52-/m1/s1. The summed E-state index contributed by atoms with van der Waals surface area (Å²) in [6, 6.07) is 30.7. The van der Waals surface area contributed by atoms with Gasteiger partial charge in [0.1, 0.15) is 48.0 Å². The third-order valence-electron chi connectivity index (χ3n) is 13.3. The van der Waals surface area contributed by atoms with Gasteiger partial charge in [-0.1, -0.05) is 104 Å². The van der Waals surface area contributed by atoms with Crippen LogP contribution in [0.5, 0.6) is 5.75 Å². The molecule has 3 fully saturated rings. The number of rotatable bonds is 10. The number of nitrogens with zero attached hydrogens (tertiary/aromatic N) is 3. The van der Waals surface area contributed by atoms with Crippen molar-refractivity contribution in [2.45, 2.75) is 80.4 Å². The predicted octanol–water partition coefficient (Wildman–Crippen LogP) is 7.49. The van der Waals surface area contributed by atoms with Crippen LogP contribution in [0.3, 0.4) is 0 Å². The largest absolute Gasteiger partial charge is 0.491 e. The second-order valence-electron chi connectivity index (χ2n) is 17.3. The fourth-order valence-corrected chi connectivity index (χ4v) is 10.5. The van der Waals surface area contributed by atoms with E-state index in [4.69, 9.17) is 14.2 Å². The third-order valence-corrected chi connectivity index (χ3v) is 13.3. The summed E-state index contributed by atoms with van der Waals surface area (Å²) in [4.78, 5) is 73.5. The van der Waals surface area contributed by atoms with Crippen LogP contribution in [0.15, 0.2) is 127 Å². The van der Waals surface area contributed by atoms with E-state index in [1.807, 2.05) is 36.4 Å². The van der Waals surface area contributed by atoms with Crippen molar-refractivity contribution in [1.82, 2.24) is 4.90 Å². The highest BCUT2D eigenvalue weighted by Gasteiger charge is 2.76. The van der Waals surface area contributed by atoms with Crippen LogP contribution in [0.4, 0.5) is 16.2 Å². The predicted molar refractivity (Wildman–Crippen MR) is 241 cm³/mol. The normalized spacial score (nSPS) is 24.1. The van der Waals surface area contributed by atoms with Crippen LogP contribution in [-0.2, 0) is 35.9 Å². The van der Waals surface area contributed by atoms with Gasteiger partial charge >= 0.3 is 18.0 Å². The number of aliphatic carboxylic acids is 1. The van der Waals surface area contributed by atoms with Crippen LogP contribution < -0.4 is 9.64 Å². The zero-order chi connectivity index (χ0) is 46.9. The molecule has 15 heteroatoms. The maximum Gasteiger partial charge on any atom is 0.421 e. The lowest BCUT2D eigenvalue weighted by Crippen LogP contribution is -2.53. The Balaban J connectivity index is 1.30. The van der Waals surface area contributed by atoms with Gasteiger partial charge in [0.25, 0.3) is 5.69 Å². The molecule has 5 aromatic carbocycles. The van der Waals surface area contributed by atoms with E-state index in [1.165, 1.54) is 30.3 Å². The monoisotopic (exact) mass is 905 g/mol. The minimum absolute atomic E-state index is 0.0217. The van der Waals surface area contributed by atoms with Gasteiger partial charge in [-0.25, -0.2) is 9.69 Å². The number of anilines is 1. The van der Waals surface area contributed by atoms with Crippen molar-refractivity contribution < 1.29 is 53.6 Å². The van der Waals surface area contributed by atoms with Crippen LogP contribution in [-0.4, -0.2) is 73.9 Å². The zero-order valence-electron chi connectivity index (χ0n) is 36.2. The lowest BCUT2D eigenvalue weighted by Gasteiger charge is -2.46. The molecular formula is C52H47N3O12. The summed E-state index contributed by atoms with van der Waals surface area (Å²) in [6.07, 6.45) is 2.19. The number of morpholine rings is 1. The second kappa shape index (κ2) is 18.5. The van der Waals surface area contributed by atoms with Gasteiger partial charge in [0.2, 0.25) is 5.91 Å². The van der Waals surface area contributed by atoms with E-state index in [2.05, 4.69) is 11.8 Å². The molecule has 1 aliphatic carbocycles. The lowest BCUT2D eigenvalue weighted by atomic mass is 9.65. The molecule has 4 aliphatic rings. The molecule has 15 nitrogen and oxygen atoms in total. The van der Waals surface area contributed by atoms with E-state index < -0.39 is 76.6 Å². The molecule has 67 heavy (non-hydrogen) atoms. The van der Waals surface area contributed by atoms with Crippen LogP contribution in [0.25, 0.3) is 0 Å². The Kier molecular flexibility index (Phi) is 12.4. The van der Waals surface area contributed by atoms with Crippen molar-refractivity contribution in [3.63, 3.8) is 0 Å². The number of para-hydroxylation sites is 1. The van der Waals surface area contributed by atoms with Crippen molar-refractivity contribution in [2.24, 2.45) is 5.92 Å². The Hall–Kier alpha value is -7.38. The summed E-state index contributed by atoms with van der Waals surface area (Å²) >= 11 is 0. The molecule has 2 saturated heterocycles. The van der Waals surface area contributed by atoms with E-state index in [-0.39, 0.29) is 41.5 Å². The summed E-state index contributed by atoms with van der Waals surface area (Å²) in [5.74, 6) is 0.987. The zero-order valence-corrected chi connectivity index (χ0v) is 36.2. The maximum atomic E-state index is 16.2. The van der Waals surface area contributed by atoms with Gasteiger partial charge in [-0.05, 0) is 84.3 Å². The summed E-state index contributed by atoms with van der Waals surface area (Å²) in [6.45, 7) is -0.966. The summed E-state index contributed by atoms with van der Waals surface area (Å²) in [7, 11) is 0. The van der Waals surface area contributed by atoms with Crippen LogP contribution in [0.1, 0.15) is 90.1 Å². The van der Waals surface area contributed by atoms with E-state index in [0.29, 0.717) is 35.1 Å². The lowest BCUT2D eigenvalue weighted by molar-refractivity contribution is -0.384. The van der Waals surface area contributed by atoms with Crippen LogP contribution >= 0.6 is 0 Å². The molecular weight excluding hydrogens is 859 g/mol. The van der Waals surface area contributed by atoms with Crippen molar-refractivity contribution in [3.05, 3.63) is 171 Å². The van der Waals surface area contributed by atoms with Crippen molar-refractivity contribution in [1.29, 1.82) is 0 Å². The van der Waals surface area contributed by atoms with Crippen LogP contribution in [0.2, 0.25) is 0 Å². The Morgan fingerprint density at radius 3 is 2.15 bits per heavy atom. The Morgan fingerprint density at radius 2 is 1.49 bits per heavy atom. The molecule has 1 spiro atoms. The van der Waals surface area contributed by atoms with Gasteiger partial charge in [-0.2, -0.15) is 0 Å². The van der Waals surface area contributed by atoms with Crippen molar-refractivity contribution in [3.8, 4) is 17.6 Å². The van der Waals surface area contributed by atoms with E-state index in [9.17, 15) is 39.8 Å². The average molecular weight is 906 g/mol. The number of carbonyl (C=O) groups excluding carboxylic acids is 3. The first-order valence-electron chi connectivity index (χ1n) is 22.2. The highest BCUT2D eigenvalue weighted by atomic mass is 16.6. The number of aliphatic hydroxyl groups is 2. The maximum absolute atomic E-state index is 16.2. The van der Waals surface area contributed by atoms with Crippen LogP contribution in [0, 0.1) is 27.9 Å². The number of amides is 2. The van der Waals surface area contributed by atoms with Crippen molar-refractivity contribution in [2.75, 3.05) is 18.1 Å². The molecule has 9 rings (SSSR count). The van der Waals surface area contributed by atoms with E-state index in [1.54, 1.807) is 65.6 Å². The Bertz CT molecular complexity index is 2770. The molecule has 6 atom stereocenters. The fourth-order valence-electron chi connectivity index (χ4n) is 10.5. The van der Waals surface area contributed by atoms with Gasteiger partial charge < -0.3 is 29.5 Å². The summed E-state index contributed by atoms with van der Waals surface area (Å²) in [5, 5.41) is 44.6. The van der Waals surface area contributed by atoms with Gasteiger partial charge in [0, 0.05) is 23.3 Å². The highest BCUT2D eigenvalue weighted by Crippen LogP contribution is 2.66. The Morgan fingerprint density at radius 1 is 0.836 bits per heavy atom. The topological polar surface area (TPSA) is 206 Å². The molecule has 2 amide bonds. The minimum Gasteiger partial charge on any atom is -0.491 e. The molecule has 5 aromatic rings. The smallest absolute Gasteiger partial charge is 0.421 e. The molecule has 0 radical (unpaired) electrons. The number of hydrogen-bond acceptors (Lipinski definition) is 12. The van der Waals surface area contributed by atoms with Gasteiger partial charge in [0.15, 0.2) is 0 Å². The molecule has 3 N–H and O–H groups in total. The van der Waals surface area contributed by atoms with Gasteiger partial charge in [-0.15, -0.1) is 0 Å². The molecule has 3 heterocycles. The first-order chi connectivity index (χ1) is 32.5. The third kappa shape index (κ3) is 8.07. The van der Waals surface area contributed by atoms with Gasteiger partial charge in [-0.3, -0.25) is 29.4 Å². The SMILES string of the molecule is O=C1O[C@@H](c2ccccc2)[C@@H](c2ccccc2)N2[C@@H](c3ccccc3OCCO)[C@]3(C(=O)N(C(=O)OCc4ccc([N+](=O)[O-])cc4)c4ccc(C#CC5(O)CCCCCC5)cc43)[C@@H](C(=O)O)[C@H]12. The first-order valence-corrected chi connectivity index (χ1v) is 22.2. The number of cyclic esters (lactones) is 1. The average Bonchev–Trinajstić information content (AvgIpc) is 3.68. The van der Waals surface area contributed by atoms with E-state index in [0.717, 1.165) is 30.6 Å². The molecule has 3 aliphatic heterocycles. The number of aliphatic hydroxyl groups excluding tert-OH is 1. The molecule has 0 unspecified atom stereocenters. The number of benzene rings is 5. The molecule has 1 saturated carbocycles. The minimum atomic E-state index is -2.33. The number of carbonyl (C=O) groups is 4. The fraction of sp³-hybridized carbons (Fsp3) is 0.308. The number of carboxylic acids is 1. The molecule has 0 aromatic heterocycles. The highest BCUT2D eigenvalue weighted by molar-refractivity contribution is 6.23. The number of nitro groups is 1. The number of ether oxygens (including phenoxy) is 3. The number of nitro benzene ring substituents is 1. The number of carboxylic acid groups (broad SMARTS) is 1. The summed E-state index contributed by atoms with van der Waals surface area (Å²) < 4.78 is 18.3. The molecule has 0 bridgehead atoms. The number of fused-ring (bicyclic) bond motifs is 3. The first kappa shape index (κ1) is 44.8. The van der Waals surface area contributed by atoms with Gasteiger partial charge in [0.05, 0.1) is 29.3 Å². The quantitative estimate of drug-likeness (QED) is 0.0409. The van der Waals surface area contributed by atoms with Crippen molar-refractivity contribution >= 4 is 35.3 Å². The Labute approximate surface area is 385 Å². The van der Waals surface area contributed by atoms with E-state index >= 15 is 4.79 Å². The second-order valence-corrected chi connectivity index (χ2v) is 17.3.